The van der Waals surface area contributed by atoms with E-state index in [0.29, 0.717) is 50.3 Å². The molecule has 2 amide bonds. The Hall–Kier alpha value is -2.22. The smallest absolute Gasteiger partial charge is 0.410 e. The lowest BCUT2D eigenvalue weighted by Crippen LogP contribution is -2.59. The first-order valence-corrected chi connectivity index (χ1v) is 9.59. The van der Waals surface area contributed by atoms with Crippen LogP contribution in [0.5, 0.6) is 0 Å². The lowest BCUT2D eigenvalue weighted by Gasteiger charge is -2.46. The minimum Gasteiger partial charge on any atom is -0.444 e. The number of hydrogen-bond donors (Lipinski definition) is 0. The molecule has 2 saturated heterocycles. The molecule has 2 fully saturated rings. The van der Waals surface area contributed by atoms with Gasteiger partial charge < -0.3 is 19.3 Å². The summed E-state index contributed by atoms with van der Waals surface area (Å²) in [6.07, 6.45) is 2.47. The van der Waals surface area contributed by atoms with Crippen LogP contribution in [0.15, 0.2) is 18.3 Å². The minimum atomic E-state index is -0.555. The number of amides is 2. The van der Waals surface area contributed by atoms with E-state index < -0.39 is 17.9 Å². The van der Waals surface area contributed by atoms with E-state index >= 15 is 0 Å². The molecule has 2 aliphatic heterocycles. The molecule has 28 heavy (non-hydrogen) atoms. The zero-order valence-electron chi connectivity index (χ0n) is 16.7. The predicted molar refractivity (Wildman–Crippen MR) is 100 cm³/mol. The number of halogens is 1. The van der Waals surface area contributed by atoms with Gasteiger partial charge in [0.2, 0.25) is 5.91 Å². The lowest BCUT2D eigenvalue weighted by atomic mass is 9.89. The van der Waals surface area contributed by atoms with Crippen molar-refractivity contribution in [3.8, 4) is 0 Å². The Balaban J connectivity index is 1.59. The molecule has 0 N–H and O–H groups in total. The van der Waals surface area contributed by atoms with Crippen molar-refractivity contribution in [2.24, 2.45) is 0 Å². The maximum absolute atomic E-state index is 12.6. The number of likely N-dealkylation sites (tertiary alicyclic amines) is 1. The second-order valence-corrected chi connectivity index (χ2v) is 8.48. The van der Waals surface area contributed by atoms with Gasteiger partial charge in [-0.2, -0.15) is 0 Å². The number of hydrogen-bond acceptors (Lipinski definition) is 5. The van der Waals surface area contributed by atoms with Crippen molar-refractivity contribution >= 4 is 12.0 Å². The molecule has 154 valence electrons. The topological polar surface area (TPSA) is 72.0 Å². The average Bonchev–Trinajstić information content (AvgIpc) is 2.65. The first-order valence-electron chi connectivity index (χ1n) is 9.59. The normalized spacial score (nSPS) is 19.8. The molecule has 7 nitrogen and oxygen atoms in total. The molecular formula is C20H28FN3O4. The summed E-state index contributed by atoms with van der Waals surface area (Å²) in [7, 11) is 0. The van der Waals surface area contributed by atoms with Crippen molar-refractivity contribution in [3.05, 3.63) is 29.6 Å². The van der Waals surface area contributed by atoms with Crippen molar-refractivity contribution in [3.63, 3.8) is 0 Å². The Labute approximate surface area is 164 Å². The molecule has 8 heteroatoms. The molecule has 0 aromatic carbocycles. The van der Waals surface area contributed by atoms with E-state index in [4.69, 9.17) is 9.47 Å². The van der Waals surface area contributed by atoms with Gasteiger partial charge in [-0.1, -0.05) is 6.07 Å². The molecule has 0 aliphatic carbocycles. The van der Waals surface area contributed by atoms with E-state index in [1.165, 1.54) is 6.20 Å². The number of nitrogens with zero attached hydrogens (tertiary/aromatic N) is 3. The number of carbonyl (C=O) groups excluding carboxylic acids is 2. The predicted octanol–water partition coefficient (Wildman–Crippen LogP) is 2.68. The molecular weight excluding hydrogens is 365 g/mol. The van der Waals surface area contributed by atoms with Gasteiger partial charge in [0.25, 0.3) is 0 Å². The number of carbonyl (C=O) groups is 2. The van der Waals surface area contributed by atoms with E-state index in [9.17, 15) is 14.0 Å². The van der Waals surface area contributed by atoms with Gasteiger partial charge in [-0.15, -0.1) is 0 Å². The summed E-state index contributed by atoms with van der Waals surface area (Å²) in [5, 5.41) is 0. The van der Waals surface area contributed by atoms with Crippen LogP contribution in [-0.4, -0.2) is 64.2 Å². The number of pyridine rings is 1. The summed E-state index contributed by atoms with van der Waals surface area (Å²) < 4.78 is 24.0. The third-order valence-electron chi connectivity index (χ3n) is 5.05. The van der Waals surface area contributed by atoms with Crippen molar-refractivity contribution in [2.75, 3.05) is 26.2 Å². The quantitative estimate of drug-likeness (QED) is 0.790. The van der Waals surface area contributed by atoms with Crippen molar-refractivity contribution in [1.29, 1.82) is 0 Å². The van der Waals surface area contributed by atoms with Crippen LogP contribution in [0.4, 0.5) is 9.18 Å². The molecule has 3 heterocycles. The summed E-state index contributed by atoms with van der Waals surface area (Å²) in [5.41, 5.74) is 0.254. The number of piperidine rings is 1. The van der Waals surface area contributed by atoms with Gasteiger partial charge in [0.1, 0.15) is 18.9 Å². The van der Waals surface area contributed by atoms with Crippen LogP contribution in [0.3, 0.4) is 0 Å². The Bertz CT molecular complexity index is 709. The standard InChI is InChI=1S/C20H28FN3O4/c1-19(2,3)28-18(26)23-8-6-20(7-9-23)14-24(17(25)13-27-20)12-16-5-4-15(10-21)11-22-16/h4-5,11H,6-10,12-14H2,1-3H3. The highest BCUT2D eigenvalue weighted by molar-refractivity contribution is 5.78. The Kier molecular flexibility index (Phi) is 5.88. The molecule has 2 aliphatic rings. The van der Waals surface area contributed by atoms with Gasteiger partial charge >= 0.3 is 6.09 Å². The summed E-state index contributed by atoms with van der Waals surface area (Å²) in [4.78, 5) is 32.2. The zero-order chi connectivity index (χ0) is 20.4. The van der Waals surface area contributed by atoms with Crippen LogP contribution in [-0.2, 0) is 27.5 Å². The third-order valence-corrected chi connectivity index (χ3v) is 5.05. The lowest BCUT2D eigenvalue weighted by molar-refractivity contribution is -0.172. The highest BCUT2D eigenvalue weighted by atomic mass is 19.1. The SMILES string of the molecule is CC(C)(C)OC(=O)N1CCC2(CC1)CN(Cc1ccc(CF)cn1)C(=O)CO2. The average molecular weight is 393 g/mol. The second kappa shape index (κ2) is 8.03. The molecule has 0 atom stereocenters. The monoisotopic (exact) mass is 393 g/mol. The fourth-order valence-electron chi connectivity index (χ4n) is 3.48. The summed E-state index contributed by atoms with van der Waals surface area (Å²) >= 11 is 0. The third kappa shape index (κ3) is 4.98. The van der Waals surface area contributed by atoms with E-state index in [0.717, 1.165) is 0 Å². The first kappa shape index (κ1) is 20.5. The molecule has 0 radical (unpaired) electrons. The molecule has 3 rings (SSSR count). The van der Waals surface area contributed by atoms with Crippen LogP contribution in [0.2, 0.25) is 0 Å². The van der Waals surface area contributed by atoms with E-state index in [1.807, 2.05) is 20.8 Å². The number of ether oxygens (including phenoxy) is 2. The second-order valence-electron chi connectivity index (χ2n) is 8.48. The van der Waals surface area contributed by atoms with Gasteiger partial charge in [-0.3, -0.25) is 9.78 Å². The number of aromatic nitrogens is 1. The highest BCUT2D eigenvalue weighted by Gasteiger charge is 2.43. The number of rotatable bonds is 3. The maximum atomic E-state index is 12.6. The first-order chi connectivity index (χ1) is 13.2. The molecule has 0 saturated carbocycles. The molecule has 0 bridgehead atoms. The molecule has 1 aromatic heterocycles. The largest absolute Gasteiger partial charge is 0.444 e. The summed E-state index contributed by atoms with van der Waals surface area (Å²) in [6.45, 7) is 6.89. The number of morpholine rings is 1. The number of alkyl halides is 1. The highest BCUT2D eigenvalue weighted by Crippen LogP contribution is 2.31. The van der Waals surface area contributed by atoms with Crippen LogP contribution in [0, 0.1) is 0 Å². The van der Waals surface area contributed by atoms with Crippen LogP contribution in [0.25, 0.3) is 0 Å². The zero-order valence-corrected chi connectivity index (χ0v) is 16.7. The molecule has 1 spiro atoms. The summed E-state index contributed by atoms with van der Waals surface area (Å²) in [5.74, 6) is -0.0865. The minimum absolute atomic E-state index is 0.0228. The maximum Gasteiger partial charge on any atom is 0.410 e. The van der Waals surface area contributed by atoms with Gasteiger partial charge in [0.05, 0.1) is 24.4 Å². The van der Waals surface area contributed by atoms with Crippen molar-refractivity contribution in [2.45, 2.75) is 58.0 Å². The van der Waals surface area contributed by atoms with E-state index in [1.54, 1.807) is 21.9 Å². The van der Waals surface area contributed by atoms with Gasteiger partial charge in [-0.25, -0.2) is 9.18 Å². The fraction of sp³-hybridized carbons (Fsp3) is 0.650. The Morgan fingerprint density at radius 1 is 1.32 bits per heavy atom. The Morgan fingerprint density at radius 2 is 2.04 bits per heavy atom. The van der Waals surface area contributed by atoms with Crippen molar-refractivity contribution < 1.29 is 23.5 Å². The Morgan fingerprint density at radius 3 is 2.61 bits per heavy atom. The molecule has 0 unspecified atom stereocenters. The van der Waals surface area contributed by atoms with Crippen LogP contribution < -0.4 is 0 Å². The van der Waals surface area contributed by atoms with E-state index in [2.05, 4.69) is 4.98 Å². The van der Waals surface area contributed by atoms with E-state index in [-0.39, 0.29) is 18.6 Å². The molecule has 1 aromatic rings. The van der Waals surface area contributed by atoms with Gasteiger partial charge in [-0.05, 0) is 39.7 Å². The fourth-order valence-corrected chi connectivity index (χ4v) is 3.48. The van der Waals surface area contributed by atoms with Gasteiger partial charge in [0, 0.05) is 24.8 Å². The van der Waals surface area contributed by atoms with Gasteiger partial charge in [0.15, 0.2) is 0 Å². The van der Waals surface area contributed by atoms with Crippen LogP contribution >= 0.6 is 0 Å². The van der Waals surface area contributed by atoms with Crippen molar-refractivity contribution in [1.82, 2.24) is 14.8 Å². The summed E-state index contributed by atoms with van der Waals surface area (Å²) in [6, 6.07) is 3.43. The van der Waals surface area contributed by atoms with Crippen LogP contribution in [0.1, 0.15) is 44.9 Å².